The summed E-state index contributed by atoms with van der Waals surface area (Å²) in [5.41, 5.74) is 6.52. The van der Waals surface area contributed by atoms with Crippen LogP contribution in [-0.4, -0.2) is 6.54 Å². The maximum Gasteiger partial charge on any atom is 0.213 e. The van der Waals surface area contributed by atoms with E-state index in [1.807, 2.05) is 11.8 Å². The molecule has 0 amide bonds. The average molecular weight is 362 g/mol. The lowest BCUT2D eigenvalue weighted by Gasteiger charge is -2.18. The number of hydrogen-bond donors (Lipinski definition) is 0. The zero-order chi connectivity index (χ0) is 18.3. The van der Waals surface area contributed by atoms with Crippen molar-refractivity contribution in [3.63, 3.8) is 0 Å². The Morgan fingerprint density at radius 3 is 2.46 bits per heavy atom. The molecule has 1 aromatic heterocycles. The lowest BCUT2D eigenvalue weighted by atomic mass is 10.1. The quantitative estimate of drug-likeness (QED) is 0.553. The van der Waals surface area contributed by atoms with E-state index in [0.29, 0.717) is 0 Å². The van der Waals surface area contributed by atoms with E-state index in [1.54, 1.807) is 0 Å². The smallest absolute Gasteiger partial charge is 0.213 e. The summed E-state index contributed by atoms with van der Waals surface area (Å²) in [5, 5.41) is 2.60. The number of anilines is 1. The van der Waals surface area contributed by atoms with Gasteiger partial charge in [0, 0.05) is 35.0 Å². The number of rotatable bonds is 3. The predicted molar refractivity (Wildman–Crippen MR) is 113 cm³/mol. The second-order valence-electron chi connectivity index (χ2n) is 6.86. The van der Waals surface area contributed by atoms with Crippen LogP contribution < -0.4 is 9.47 Å². The molecular weight excluding hydrogens is 336 g/mol. The summed E-state index contributed by atoms with van der Waals surface area (Å²) in [5.74, 6) is 0. The van der Waals surface area contributed by atoms with Crippen LogP contribution in [0.4, 0.5) is 5.69 Å². The van der Waals surface area contributed by atoms with Crippen LogP contribution in [-0.2, 0) is 6.54 Å². The maximum atomic E-state index is 2.42. The van der Waals surface area contributed by atoms with Gasteiger partial charge in [-0.1, -0.05) is 23.9 Å². The third-order valence-corrected chi connectivity index (χ3v) is 6.12. The monoisotopic (exact) mass is 361 g/mol. The van der Waals surface area contributed by atoms with Crippen molar-refractivity contribution < 1.29 is 4.57 Å². The van der Waals surface area contributed by atoms with Crippen LogP contribution in [0, 0.1) is 13.8 Å². The maximum absolute atomic E-state index is 2.42. The average Bonchev–Trinajstić information content (AvgIpc) is 2.97. The lowest BCUT2D eigenvalue weighted by molar-refractivity contribution is -0.669. The molecule has 1 aliphatic heterocycles. The molecule has 0 radical (unpaired) electrons. The van der Waals surface area contributed by atoms with Gasteiger partial charge in [0.15, 0.2) is 0 Å². The van der Waals surface area contributed by atoms with Crippen molar-refractivity contribution in [2.24, 2.45) is 0 Å². The molecule has 26 heavy (non-hydrogen) atoms. The van der Waals surface area contributed by atoms with Gasteiger partial charge >= 0.3 is 0 Å². The van der Waals surface area contributed by atoms with Crippen LogP contribution in [0.5, 0.6) is 0 Å². The molecule has 132 valence electrons. The van der Waals surface area contributed by atoms with E-state index in [-0.39, 0.29) is 0 Å². The third-order valence-electron chi connectivity index (χ3n) is 5.01. The molecule has 0 atom stereocenters. The first-order valence-corrected chi connectivity index (χ1v) is 10.1. The van der Waals surface area contributed by atoms with Crippen molar-refractivity contribution in [1.29, 1.82) is 0 Å². The van der Waals surface area contributed by atoms with Gasteiger partial charge in [0.1, 0.15) is 6.54 Å². The first-order valence-electron chi connectivity index (χ1n) is 9.31. The number of aryl methyl sites for hydroxylation is 3. The fraction of sp³-hybridized carbons (Fsp3) is 0.261. The van der Waals surface area contributed by atoms with Gasteiger partial charge < -0.3 is 4.90 Å². The Labute approximate surface area is 160 Å². The van der Waals surface area contributed by atoms with Crippen LogP contribution in [0.25, 0.3) is 17.0 Å². The summed E-state index contributed by atoms with van der Waals surface area (Å²) in [6.45, 7) is 10.7. The molecule has 0 fully saturated rings. The van der Waals surface area contributed by atoms with Crippen molar-refractivity contribution in [2.45, 2.75) is 39.1 Å². The molecular formula is C23H25N2S+. The summed E-state index contributed by atoms with van der Waals surface area (Å²) in [6.07, 6.45) is 2.34. The SMILES string of the molecule is CCN1/C(=C/c2ccc3ccc(C)cc3[n+]2CC)Sc2ccc(C)cc21. The highest BCUT2D eigenvalue weighted by Crippen LogP contribution is 2.46. The summed E-state index contributed by atoms with van der Waals surface area (Å²) < 4.78 is 2.41. The number of thioether (sulfide) groups is 1. The Kier molecular flexibility index (Phi) is 4.49. The number of hydrogen-bond acceptors (Lipinski definition) is 2. The highest BCUT2D eigenvalue weighted by Gasteiger charge is 2.25. The van der Waals surface area contributed by atoms with Crippen LogP contribution in [0.3, 0.4) is 0 Å². The zero-order valence-electron chi connectivity index (χ0n) is 15.9. The fourth-order valence-corrected chi connectivity index (χ4v) is 4.84. The Morgan fingerprint density at radius 1 is 0.962 bits per heavy atom. The van der Waals surface area contributed by atoms with Gasteiger partial charge in [-0.15, -0.1) is 0 Å². The molecule has 0 bridgehead atoms. The van der Waals surface area contributed by atoms with E-state index in [2.05, 4.69) is 91.8 Å². The largest absolute Gasteiger partial charge is 0.335 e. The van der Waals surface area contributed by atoms with Gasteiger partial charge in [-0.25, -0.2) is 0 Å². The molecule has 0 N–H and O–H groups in total. The van der Waals surface area contributed by atoms with Gasteiger partial charge in [0.05, 0.1) is 10.7 Å². The minimum atomic E-state index is 0.961. The number of fused-ring (bicyclic) bond motifs is 2. The molecule has 1 aliphatic rings. The third kappa shape index (κ3) is 2.90. The van der Waals surface area contributed by atoms with Crippen LogP contribution >= 0.6 is 11.8 Å². The first-order chi connectivity index (χ1) is 12.6. The van der Waals surface area contributed by atoms with Gasteiger partial charge in [0.2, 0.25) is 11.2 Å². The zero-order valence-corrected chi connectivity index (χ0v) is 16.7. The molecule has 2 heterocycles. The molecule has 3 aromatic rings. The summed E-state index contributed by atoms with van der Waals surface area (Å²) in [4.78, 5) is 3.77. The second kappa shape index (κ2) is 6.81. The molecule has 0 spiro atoms. The van der Waals surface area contributed by atoms with Crippen molar-refractivity contribution in [3.8, 4) is 0 Å². The van der Waals surface area contributed by atoms with Gasteiger partial charge in [0.25, 0.3) is 0 Å². The molecule has 0 aliphatic carbocycles. The summed E-state index contributed by atoms with van der Waals surface area (Å²) >= 11 is 1.87. The van der Waals surface area contributed by atoms with Gasteiger partial charge in [-0.05, 0) is 63.1 Å². The molecule has 2 aromatic carbocycles. The standard InChI is InChI=1S/C23H25N2S/c1-5-24-19(11-10-18-9-7-16(3)13-20(18)24)15-23-25(6-2)21-14-17(4)8-12-22(21)26-23/h7-15H,5-6H2,1-4H3/q+1. The number of pyridine rings is 1. The molecule has 4 rings (SSSR count). The Bertz CT molecular complexity index is 1020. The molecule has 2 nitrogen and oxygen atoms in total. The van der Waals surface area contributed by atoms with Crippen molar-refractivity contribution in [1.82, 2.24) is 0 Å². The van der Waals surface area contributed by atoms with Crippen molar-refractivity contribution in [3.05, 3.63) is 70.4 Å². The van der Waals surface area contributed by atoms with E-state index < -0.39 is 0 Å². The van der Waals surface area contributed by atoms with Gasteiger partial charge in [-0.3, -0.25) is 0 Å². The Morgan fingerprint density at radius 2 is 1.69 bits per heavy atom. The molecule has 3 heteroatoms. The van der Waals surface area contributed by atoms with Crippen molar-refractivity contribution >= 4 is 34.4 Å². The number of nitrogens with zero attached hydrogens (tertiary/aromatic N) is 2. The minimum Gasteiger partial charge on any atom is -0.335 e. The second-order valence-corrected chi connectivity index (χ2v) is 7.93. The van der Waals surface area contributed by atoms with E-state index in [1.165, 1.54) is 43.3 Å². The van der Waals surface area contributed by atoms with E-state index >= 15 is 0 Å². The normalized spacial score (nSPS) is 15.1. The number of aromatic nitrogens is 1. The summed E-state index contributed by atoms with van der Waals surface area (Å²) in [6, 6.07) is 17.9. The van der Waals surface area contributed by atoms with Crippen LogP contribution in [0.2, 0.25) is 0 Å². The number of benzene rings is 2. The Hall–Kier alpha value is -2.26. The highest BCUT2D eigenvalue weighted by atomic mass is 32.2. The van der Waals surface area contributed by atoms with Gasteiger partial charge in [-0.2, -0.15) is 4.57 Å². The van der Waals surface area contributed by atoms with E-state index in [9.17, 15) is 0 Å². The summed E-state index contributed by atoms with van der Waals surface area (Å²) in [7, 11) is 0. The first kappa shape index (κ1) is 17.2. The van der Waals surface area contributed by atoms with E-state index in [4.69, 9.17) is 0 Å². The minimum absolute atomic E-state index is 0.961. The van der Waals surface area contributed by atoms with E-state index in [0.717, 1.165) is 13.1 Å². The highest BCUT2D eigenvalue weighted by molar-refractivity contribution is 8.03. The van der Waals surface area contributed by atoms with Crippen LogP contribution in [0.15, 0.2) is 58.5 Å². The molecule has 0 unspecified atom stereocenters. The lowest BCUT2D eigenvalue weighted by Crippen LogP contribution is -2.37. The topological polar surface area (TPSA) is 7.12 Å². The predicted octanol–water partition coefficient (Wildman–Crippen LogP) is 5.69. The Balaban J connectivity index is 1.84. The molecule has 0 saturated carbocycles. The van der Waals surface area contributed by atoms with Crippen molar-refractivity contribution in [2.75, 3.05) is 11.4 Å². The fourth-order valence-electron chi connectivity index (χ4n) is 3.68. The molecule has 0 saturated heterocycles. The van der Waals surface area contributed by atoms with Crippen LogP contribution in [0.1, 0.15) is 30.7 Å².